The number of carbonyl (C=O) groups is 1. The molecule has 0 radical (unpaired) electrons. The minimum absolute atomic E-state index is 0.0891. The van der Waals surface area contributed by atoms with E-state index >= 15 is 0 Å². The van der Waals surface area contributed by atoms with Gasteiger partial charge in [0.1, 0.15) is 11.6 Å². The summed E-state index contributed by atoms with van der Waals surface area (Å²) in [7, 11) is 0. The van der Waals surface area contributed by atoms with Gasteiger partial charge in [-0.2, -0.15) is 0 Å². The van der Waals surface area contributed by atoms with E-state index in [0.29, 0.717) is 12.5 Å². The van der Waals surface area contributed by atoms with Crippen LogP contribution in [-0.4, -0.2) is 23.9 Å². The molecule has 1 aromatic carbocycles. The van der Waals surface area contributed by atoms with E-state index in [-0.39, 0.29) is 12.2 Å². The molecular weight excluding hydrogens is 268 g/mol. The van der Waals surface area contributed by atoms with Gasteiger partial charge in [0.15, 0.2) is 5.60 Å². The lowest BCUT2D eigenvalue weighted by Crippen LogP contribution is -2.42. The van der Waals surface area contributed by atoms with Crippen molar-refractivity contribution in [2.75, 3.05) is 11.9 Å². The maximum atomic E-state index is 13.4. The Balaban J connectivity index is 1.87. The van der Waals surface area contributed by atoms with Crippen LogP contribution in [0.4, 0.5) is 19.3 Å². The van der Waals surface area contributed by atoms with Crippen molar-refractivity contribution >= 4 is 17.4 Å². The molecule has 1 aromatic rings. The number of nitrogens with one attached hydrogen (secondary N) is 2. The number of oxime groups is 1. The van der Waals surface area contributed by atoms with Gasteiger partial charge in [0.25, 0.3) is 0 Å². The van der Waals surface area contributed by atoms with Crippen LogP contribution in [0.15, 0.2) is 23.4 Å². The summed E-state index contributed by atoms with van der Waals surface area (Å²) in [5, 5.41) is 8.69. The molecule has 7 heteroatoms. The van der Waals surface area contributed by atoms with E-state index in [1.807, 2.05) is 13.8 Å². The number of halogens is 2. The van der Waals surface area contributed by atoms with Crippen molar-refractivity contribution in [1.29, 1.82) is 0 Å². The predicted molar refractivity (Wildman–Crippen MR) is 70.6 cm³/mol. The number of carbonyl (C=O) groups excluding carboxylic acids is 1. The van der Waals surface area contributed by atoms with Gasteiger partial charge in [-0.15, -0.1) is 0 Å². The molecule has 0 saturated carbocycles. The van der Waals surface area contributed by atoms with Gasteiger partial charge in [-0.1, -0.05) is 5.16 Å². The van der Waals surface area contributed by atoms with E-state index in [9.17, 15) is 13.6 Å². The van der Waals surface area contributed by atoms with Gasteiger partial charge in [-0.25, -0.2) is 13.6 Å². The van der Waals surface area contributed by atoms with Crippen LogP contribution < -0.4 is 10.6 Å². The van der Waals surface area contributed by atoms with Gasteiger partial charge >= 0.3 is 6.03 Å². The smallest absolute Gasteiger partial charge is 0.319 e. The molecule has 0 spiro atoms. The van der Waals surface area contributed by atoms with Crippen LogP contribution in [-0.2, 0) is 4.84 Å². The Hall–Kier alpha value is -2.18. The summed E-state index contributed by atoms with van der Waals surface area (Å²) in [6.45, 7) is 3.87. The Bertz CT molecular complexity index is 563. The molecular formula is C13H15F2N3O2. The average Bonchev–Trinajstić information content (AvgIpc) is 2.71. The summed E-state index contributed by atoms with van der Waals surface area (Å²) in [6, 6.07) is 2.33. The highest BCUT2D eigenvalue weighted by Gasteiger charge is 2.32. The van der Waals surface area contributed by atoms with Crippen LogP contribution in [0.2, 0.25) is 0 Å². The molecule has 1 aliphatic rings. The third kappa shape index (κ3) is 3.43. The van der Waals surface area contributed by atoms with E-state index in [0.717, 1.165) is 17.8 Å². The molecule has 108 valence electrons. The summed E-state index contributed by atoms with van der Waals surface area (Å²) in [5.74, 6) is -1.53. The summed E-state index contributed by atoms with van der Waals surface area (Å²) >= 11 is 0. The second-order valence-electron chi connectivity index (χ2n) is 4.98. The summed E-state index contributed by atoms with van der Waals surface area (Å²) in [4.78, 5) is 16.9. The fourth-order valence-electron chi connectivity index (χ4n) is 1.91. The Morgan fingerprint density at radius 3 is 2.85 bits per heavy atom. The summed E-state index contributed by atoms with van der Waals surface area (Å²) < 4.78 is 26.1. The normalized spacial score (nSPS) is 21.1. The second kappa shape index (κ2) is 5.44. The van der Waals surface area contributed by atoms with Gasteiger partial charge in [0, 0.05) is 12.5 Å². The lowest BCUT2D eigenvalue weighted by molar-refractivity contribution is -0.0000965. The molecule has 0 fully saturated rings. The van der Waals surface area contributed by atoms with Gasteiger partial charge in [0.05, 0.1) is 17.9 Å². The molecule has 0 aromatic heterocycles. The second-order valence-corrected chi connectivity index (χ2v) is 4.98. The minimum Gasteiger partial charge on any atom is -0.387 e. The Kier molecular flexibility index (Phi) is 3.87. The zero-order chi connectivity index (χ0) is 14.8. The number of amides is 2. The van der Waals surface area contributed by atoms with Crippen molar-refractivity contribution in [3.63, 3.8) is 0 Å². The topological polar surface area (TPSA) is 62.7 Å². The lowest BCUT2D eigenvalue weighted by atomic mass is 10.0. The van der Waals surface area contributed by atoms with E-state index in [4.69, 9.17) is 4.84 Å². The van der Waals surface area contributed by atoms with E-state index in [2.05, 4.69) is 15.8 Å². The highest BCUT2D eigenvalue weighted by atomic mass is 19.1. The van der Waals surface area contributed by atoms with Crippen molar-refractivity contribution in [1.82, 2.24) is 5.32 Å². The molecule has 20 heavy (non-hydrogen) atoms. The average molecular weight is 283 g/mol. The maximum absolute atomic E-state index is 13.4. The van der Waals surface area contributed by atoms with Crippen LogP contribution >= 0.6 is 0 Å². The van der Waals surface area contributed by atoms with Crippen molar-refractivity contribution in [2.45, 2.75) is 25.9 Å². The quantitative estimate of drug-likeness (QED) is 0.895. The standard InChI is InChI=1S/C13H15F2N3O2/c1-8-6-13(2,20-18-8)7-16-12(19)17-11-4-3-9(14)5-10(11)15/h3-5H,6-7H2,1-2H3,(H2,16,17,19). The van der Waals surface area contributed by atoms with E-state index < -0.39 is 23.3 Å². The number of rotatable bonds is 3. The zero-order valence-electron chi connectivity index (χ0n) is 11.2. The fourth-order valence-corrected chi connectivity index (χ4v) is 1.91. The molecule has 2 N–H and O–H groups in total. The first kappa shape index (κ1) is 14.2. The largest absolute Gasteiger partial charge is 0.387 e. The minimum atomic E-state index is -0.831. The van der Waals surface area contributed by atoms with E-state index in [1.54, 1.807) is 0 Å². The fraction of sp³-hybridized carbons (Fsp3) is 0.385. The first-order chi connectivity index (χ1) is 9.38. The monoisotopic (exact) mass is 283 g/mol. The Morgan fingerprint density at radius 1 is 1.50 bits per heavy atom. The zero-order valence-corrected chi connectivity index (χ0v) is 11.2. The molecule has 0 bridgehead atoms. The van der Waals surface area contributed by atoms with Gasteiger partial charge in [0.2, 0.25) is 0 Å². The first-order valence-electron chi connectivity index (χ1n) is 6.09. The molecule has 2 amide bonds. The lowest BCUT2D eigenvalue weighted by Gasteiger charge is -2.21. The van der Waals surface area contributed by atoms with Crippen LogP contribution in [0, 0.1) is 11.6 Å². The van der Waals surface area contributed by atoms with Gasteiger partial charge in [-0.3, -0.25) is 0 Å². The van der Waals surface area contributed by atoms with Crippen LogP contribution in [0.5, 0.6) is 0 Å². The highest BCUT2D eigenvalue weighted by Crippen LogP contribution is 2.22. The van der Waals surface area contributed by atoms with E-state index in [1.165, 1.54) is 0 Å². The molecule has 1 atom stereocenters. The Morgan fingerprint density at radius 2 is 2.25 bits per heavy atom. The molecule has 1 heterocycles. The SMILES string of the molecule is CC1=NOC(C)(CNC(=O)Nc2ccc(F)cc2F)C1. The molecule has 5 nitrogen and oxygen atoms in total. The highest BCUT2D eigenvalue weighted by molar-refractivity contribution is 5.89. The number of hydrogen-bond donors (Lipinski definition) is 2. The third-order valence-corrected chi connectivity index (χ3v) is 2.85. The van der Waals surface area contributed by atoms with Crippen LogP contribution in [0.25, 0.3) is 0 Å². The van der Waals surface area contributed by atoms with Crippen LogP contribution in [0.1, 0.15) is 20.3 Å². The summed E-state index contributed by atoms with van der Waals surface area (Å²) in [6.07, 6.45) is 0.609. The van der Waals surface area contributed by atoms with Crippen molar-refractivity contribution < 1.29 is 18.4 Å². The van der Waals surface area contributed by atoms with Crippen molar-refractivity contribution in [3.05, 3.63) is 29.8 Å². The number of urea groups is 1. The maximum Gasteiger partial charge on any atom is 0.319 e. The third-order valence-electron chi connectivity index (χ3n) is 2.85. The summed E-state index contributed by atoms with van der Waals surface area (Å²) in [5.41, 5.74) is 0.163. The Labute approximate surface area is 115 Å². The van der Waals surface area contributed by atoms with Crippen molar-refractivity contribution in [3.8, 4) is 0 Å². The predicted octanol–water partition coefficient (Wildman–Crippen LogP) is 2.64. The first-order valence-corrected chi connectivity index (χ1v) is 6.09. The molecule has 0 aliphatic carbocycles. The van der Waals surface area contributed by atoms with Crippen LogP contribution in [0.3, 0.4) is 0 Å². The molecule has 1 unspecified atom stereocenters. The van der Waals surface area contributed by atoms with Crippen molar-refractivity contribution in [2.24, 2.45) is 5.16 Å². The number of nitrogens with zero attached hydrogens (tertiary/aromatic N) is 1. The number of anilines is 1. The number of hydrogen-bond acceptors (Lipinski definition) is 3. The van der Waals surface area contributed by atoms with Gasteiger partial charge in [-0.05, 0) is 26.0 Å². The molecule has 1 aliphatic heterocycles. The number of benzene rings is 1. The molecule has 2 rings (SSSR count). The van der Waals surface area contributed by atoms with Gasteiger partial charge < -0.3 is 15.5 Å². The molecule has 0 saturated heterocycles.